The molecular weight excluding hydrogens is 214 g/mol. The van der Waals surface area contributed by atoms with Gasteiger partial charge in [-0.05, 0) is 44.4 Å². The van der Waals surface area contributed by atoms with Crippen molar-refractivity contribution in [3.63, 3.8) is 0 Å². The Morgan fingerprint density at radius 1 is 1.29 bits per heavy atom. The predicted molar refractivity (Wildman–Crippen MR) is 69.1 cm³/mol. The highest BCUT2D eigenvalue weighted by Gasteiger charge is 2.15. The molecule has 1 aromatic rings. The van der Waals surface area contributed by atoms with Crippen molar-refractivity contribution >= 4 is 12.0 Å². The Balaban J connectivity index is 2.27. The highest BCUT2D eigenvalue weighted by atomic mass is 16.5. The molecule has 1 saturated heterocycles. The van der Waals surface area contributed by atoms with Gasteiger partial charge in [-0.2, -0.15) is 0 Å². The van der Waals surface area contributed by atoms with Crippen LogP contribution in [0.5, 0.6) is 5.75 Å². The Bertz CT molecular complexity index is 384. The summed E-state index contributed by atoms with van der Waals surface area (Å²) < 4.78 is 5.63. The molecule has 0 unspecified atom stereocenters. The molecule has 17 heavy (non-hydrogen) atoms. The fourth-order valence-electron chi connectivity index (χ4n) is 2.27. The first kappa shape index (κ1) is 12.0. The third-order valence-corrected chi connectivity index (χ3v) is 3.12. The lowest BCUT2D eigenvalue weighted by Crippen LogP contribution is -2.29. The van der Waals surface area contributed by atoms with Crippen LogP contribution in [0.2, 0.25) is 0 Å². The number of ether oxygens (including phenoxy) is 1. The summed E-state index contributed by atoms with van der Waals surface area (Å²) in [5, 5.41) is 0. The average molecular weight is 233 g/mol. The summed E-state index contributed by atoms with van der Waals surface area (Å²) in [6.07, 6.45) is 4.65. The van der Waals surface area contributed by atoms with Crippen LogP contribution in [0.1, 0.15) is 36.5 Å². The lowest BCUT2D eigenvalue weighted by atomic mass is 10.1. The average Bonchev–Trinajstić information content (AvgIpc) is 2.40. The van der Waals surface area contributed by atoms with E-state index in [1.807, 2.05) is 25.1 Å². The van der Waals surface area contributed by atoms with Crippen molar-refractivity contribution in [3.05, 3.63) is 23.8 Å². The van der Waals surface area contributed by atoms with Gasteiger partial charge in [0.25, 0.3) is 0 Å². The van der Waals surface area contributed by atoms with E-state index in [9.17, 15) is 4.79 Å². The quantitative estimate of drug-likeness (QED) is 0.749. The van der Waals surface area contributed by atoms with E-state index in [2.05, 4.69) is 4.90 Å². The first-order chi connectivity index (χ1) is 8.35. The van der Waals surface area contributed by atoms with Crippen LogP contribution in [0.4, 0.5) is 5.69 Å². The second-order valence-corrected chi connectivity index (χ2v) is 4.33. The SMILES string of the molecule is CCOc1cc(C=O)ccc1N1CCCCC1. The molecule has 2 rings (SSSR count). The van der Waals surface area contributed by atoms with Gasteiger partial charge in [0.2, 0.25) is 0 Å². The molecular formula is C14H19NO2. The zero-order valence-electron chi connectivity index (χ0n) is 10.3. The highest BCUT2D eigenvalue weighted by molar-refractivity contribution is 5.78. The number of hydrogen-bond donors (Lipinski definition) is 0. The van der Waals surface area contributed by atoms with Gasteiger partial charge < -0.3 is 9.64 Å². The van der Waals surface area contributed by atoms with Crippen LogP contribution in [0.15, 0.2) is 18.2 Å². The van der Waals surface area contributed by atoms with Crippen LogP contribution in [0.25, 0.3) is 0 Å². The van der Waals surface area contributed by atoms with E-state index in [-0.39, 0.29) is 0 Å². The number of carbonyl (C=O) groups is 1. The van der Waals surface area contributed by atoms with Crippen LogP contribution >= 0.6 is 0 Å². The summed E-state index contributed by atoms with van der Waals surface area (Å²) in [6, 6.07) is 5.69. The lowest BCUT2D eigenvalue weighted by Gasteiger charge is -2.30. The van der Waals surface area contributed by atoms with Crippen molar-refractivity contribution in [2.75, 3.05) is 24.6 Å². The minimum Gasteiger partial charge on any atom is -0.492 e. The molecule has 1 fully saturated rings. The maximum Gasteiger partial charge on any atom is 0.150 e. The van der Waals surface area contributed by atoms with E-state index in [4.69, 9.17) is 4.74 Å². The number of piperidine rings is 1. The Labute approximate surface area is 102 Å². The normalized spacial score (nSPS) is 15.7. The van der Waals surface area contributed by atoms with Gasteiger partial charge in [-0.3, -0.25) is 4.79 Å². The molecule has 3 heteroatoms. The molecule has 0 N–H and O–H groups in total. The lowest BCUT2D eigenvalue weighted by molar-refractivity contribution is 0.112. The van der Waals surface area contributed by atoms with E-state index in [0.717, 1.165) is 30.8 Å². The van der Waals surface area contributed by atoms with E-state index >= 15 is 0 Å². The molecule has 0 saturated carbocycles. The molecule has 1 heterocycles. The number of carbonyl (C=O) groups excluding carboxylic acids is 1. The van der Waals surface area contributed by atoms with Crippen LogP contribution in [-0.2, 0) is 0 Å². The maximum atomic E-state index is 10.8. The summed E-state index contributed by atoms with van der Waals surface area (Å²) >= 11 is 0. The zero-order chi connectivity index (χ0) is 12.1. The molecule has 0 aromatic heterocycles. The number of nitrogens with zero attached hydrogens (tertiary/aromatic N) is 1. The van der Waals surface area contributed by atoms with Crippen LogP contribution in [0.3, 0.4) is 0 Å². The summed E-state index contributed by atoms with van der Waals surface area (Å²) in [4.78, 5) is 13.1. The summed E-state index contributed by atoms with van der Waals surface area (Å²) in [5.74, 6) is 0.832. The number of aldehydes is 1. The molecule has 1 aliphatic heterocycles. The predicted octanol–water partition coefficient (Wildman–Crippen LogP) is 2.89. The van der Waals surface area contributed by atoms with Crippen molar-refractivity contribution in [2.24, 2.45) is 0 Å². The monoisotopic (exact) mass is 233 g/mol. The van der Waals surface area contributed by atoms with Crippen molar-refractivity contribution in [1.29, 1.82) is 0 Å². The van der Waals surface area contributed by atoms with Gasteiger partial charge in [0.05, 0.1) is 12.3 Å². The third kappa shape index (κ3) is 2.78. The van der Waals surface area contributed by atoms with E-state index < -0.39 is 0 Å². The van der Waals surface area contributed by atoms with Gasteiger partial charge in [-0.15, -0.1) is 0 Å². The first-order valence-corrected chi connectivity index (χ1v) is 6.32. The Hall–Kier alpha value is -1.51. The number of anilines is 1. The van der Waals surface area contributed by atoms with Crippen molar-refractivity contribution in [1.82, 2.24) is 0 Å². The number of benzene rings is 1. The van der Waals surface area contributed by atoms with Gasteiger partial charge in [0.1, 0.15) is 12.0 Å². The molecule has 1 aromatic carbocycles. The van der Waals surface area contributed by atoms with Crippen LogP contribution in [0, 0.1) is 0 Å². The molecule has 3 nitrogen and oxygen atoms in total. The number of hydrogen-bond acceptors (Lipinski definition) is 3. The second-order valence-electron chi connectivity index (χ2n) is 4.33. The van der Waals surface area contributed by atoms with Crippen LogP contribution in [-0.4, -0.2) is 26.0 Å². The van der Waals surface area contributed by atoms with E-state index in [1.165, 1.54) is 19.3 Å². The standard InChI is InChI=1S/C14H19NO2/c1-2-17-14-10-12(11-16)6-7-13(14)15-8-4-3-5-9-15/h6-7,10-11H,2-5,8-9H2,1H3. The van der Waals surface area contributed by atoms with E-state index in [0.29, 0.717) is 12.2 Å². The molecule has 0 spiro atoms. The molecule has 0 bridgehead atoms. The van der Waals surface area contributed by atoms with Crippen molar-refractivity contribution in [3.8, 4) is 5.75 Å². The topological polar surface area (TPSA) is 29.5 Å². The Kier molecular flexibility index (Phi) is 4.02. The smallest absolute Gasteiger partial charge is 0.150 e. The van der Waals surface area contributed by atoms with Gasteiger partial charge in [0, 0.05) is 18.7 Å². The summed E-state index contributed by atoms with van der Waals surface area (Å²) in [6.45, 7) is 4.76. The van der Waals surface area contributed by atoms with Crippen LogP contribution < -0.4 is 9.64 Å². The van der Waals surface area contributed by atoms with Gasteiger partial charge in [0.15, 0.2) is 0 Å². The fourth-order valence-corrected chi connectivity index (χ4v) is 2.27. The zero-order valence-corrected chi connectivity index (χ0v) is 10.3. The molecule has 1 aliphatic rings. The highest BCUT2D eigenvalue weighted by Crippen LogP contribution is 2.31. The third-order valence-electron chi connectivity index (χ3n) is 3.12. The first-order valence-electron chi connectivity index (χ1n) is 6.32. The fraction of sp³-hybridized carbons (Fsp3) is 0.500. The Morgan fingerprint density at radius 2 is 2.06 bits per heavy atom. The molecule has 0 atom stereocenters. The summed E-state index contributed by atoms with van der Waals surface area (Å²) in [7, 11) is 0. The minimum absolute atomic E-state index is 0.628. The van der Waals surface area contributed by atoms with E-state index in [1.54, 1.807) is 0 Å². The summed E-state index contributed by atoms with van der Waals surface area (Å²) in [5.41, 5.74) is 1.80. The molecule has 0 amide bonds. The van der Waals surface area contributed by atoms with Crippen molar-refractivity contribution < 1.29 is 9.53 Å². The maximum absolute atomic E-state index is 10.8. The molecule has 0 aliphatic carbocycles. The minimum atomic E-state index is 0.628. The second kappa shape index (κ2) is 5.71. The van der Waals surface area contributed by atoms with Gasteiger partial charge in [-0.25, -0.2) is 0 Å². The van der Waals surface area contributed by atoms with Gasteiger partial charge >= 0.3 is 0 Å². The molecule has 0 radical (unpaired) electrons. The van der Waals surface area contributed by atoms with Gasteiger partial charge in [-0.1, -0.05) is 0 Å². The molecule has 92 valence electrons. The van der Waals surface area contributed by atoms with Crippen molar-refractivity contribution in [2.45, 2.75) is 26.2 Å². The largest absolute Gasteiger partial charge is 0.492 e. The Morgan fingerprint density at radius 3 is 2.71 bits per heavy atom. The number of rotatable bonds is 4.